The average molecular weight is 1120 g/mol. The molecule has 0 aliphatic carbocycles. The molecule has 4 aromatic carbocycles. The summed E-state index contributed by atoms with van der Waals surface area (Å²) >= 11 is 2.47. The van der Waals surface area contributed by atoms with Gasteiger partial charge in [-0.1, -0.05) is 50.6 Å². The maximum absolute atomic E-state index is 14.8. The van der Waals surface area contributed by atoms with Gasteiger partial charge in [-0.25, -0.2) is 28.0 Å². The van der Waals surface area contributed by atoms with E-state index in [1.54, 1.807) is 56.3 Å². The SMILES string of the molecule is C=CC(=O)OCC(COc1ccc(F)c2c(=O)c3ccccc3sc12)OC(=O)C=C.C=CC(=O)OCCOCCOC(C)OCC(COc1ccc(F)c2c(=O)c3ccccc3sc12)OC(C)OCCOCCOC(=O)C=C. The highest BCUT2D eigenvalue weighted by Gasteiger charge is 2.22. The van der Waals surface area contributed by atoms with Crippen molar-refractivity contribution >= 4 is 86.9 Å². The van der Waals surface area contributed by atoms with Crippen LogP contribution in [-0.2, 0) is 66.5 Å². The molecule has 6 aromatic rings. The molecule has 2 aromatic heterocycles. The first-order valence-corrected chi connectivity index (χ1v) is 25.7. The third kappa shape index (κ3) is 19.0. The lowest BCUT2D eigenvalue weighted by molar-refractivity contribution is -0.208. The highest BCUT2D eigenvalue weighted by Crippen LogP contribution is 2.35. The minimum atomic E-state index is -0.948. The van der Waals surface area contributed by atoms with Crippen LogP contribution >= 0.6 is 22.7 Å². The van der Waals surface area contributed by atoms with Crippen molar-refractivity contribution in [2.24, 2.45) is 0 Å². The van der Waals surface area contributed by atoms with Crippen LogP contribution in [0.5, 0.6) is 11.5 Å². The van der Waals surface area contributed by atoms with E-state index in [0.717, 1.165) is 30.4 Å². The van der Waals surface area contributed by atoms with Crippen molar-refractivity contribution < 1.29 is 84.8 Å². The van der Waals surface area contributed by atoms with Crippen molar-refractivity contribution in [3.8, 4) is 11.5 Å². The molecule has 22 heteroatoms. The Kier molecular flexibility index (Phi) is 25.6. The number of esters is 4. The van der Waals surface area contributed by atoms with Crippen LogP contribution in [0.2, 0.25) is 0 Å². The lowest BCUT2D eigenvalue weighted by atomic mass is 10.1. The third-order valence-electron chi connectivity index (χ3n) is 10.5. The van der Waals surface area contributed by atoms with Gasteiger partial charge in [0, 0.05) is 44.5 Å². The van der Waals surface area contributed by atoms with Gasteiger partial charge in [0.05, 0.1) is 66.4 Å². The lowest BCUT2D eigenvalue weighted by Crippen LogP contribution is -2.34. The maximum Gasteiger partial charge on any atom is 0.330 e. The largest absolute Gasteiger partial charge is 0.489 e. The Hall–Kier alpha value is -7.28. The van der Waals surface area contributed by atoms with E-state index in [2.05, 4.69) is 26.3 Å². The van der Waals surface area contributed by atoms with Gasteiger partial charge in [-0.3, -0.25) is 9.59 Å². The Balaban J connectivity index is 0.000000319. The molecule has 0 saturated carbocycles. The van der Waals surface area contributed by atoms with Crippen LogP contribution in [0.15, 0.2) is 133 Å². The standard InChI is InChI=1S/C34H41FO12S.C22H17FO6S/c1-5-30(36)43-19-15-39-13-17-41-23(3)45-21-25(47-24(4)42-18-14-40-16-20-44-31(37)6-2)22-46-28-12-11-27(35)32-33(38)26-9-7-8-10-29(26)48-34(28)32;1-3-18(24)28-12-13(29-19(25)4-2)11-27-16-10-9-15(23)20-21(26)14-7-5-6-8-17(14)30-22(16)20/h5-12,23-25H,1-2,13-22H2,3-4H3;3-10,13H,1-2,11-12H2. The summed E-state index contributed by atoms with van der Waals surface area (Å²) in [5.41, 5.74) is -0.842. The van der Waals surface area contributed by atoms with Gasteiger partial charge in [0.25, 0.3) is 0 Å². The molecule has 0 aliphatic heterocycles. The molecular formula is C56H58F2O18S2. The molecule has 416 valence electrons. The molecule has 4 unspecified atom stereocenters. The van der Waals surface area contributed by atoms with Gasteiger partial charge in [-0.2, -0.15) is 0 Å². The predicted octanol–water partition coefficient (Wildman–Crippen LogP) is 8.31. The highest BCUT2D eigenvalue weighted by molar-refractivity contribution is 7.25. The summed E-state index contributed by atoms with van der Waals surface area (Å²) < 4.78 is 96.9. The normalized spacial score (nSPS) is 12.6. The highest BCUT2D eigenvalue weighted by atomic mass is 32.1. The van der Waals surface area contributed by atoms with E-state index >= 15 is 0 Å². The molecular weight excluding hydrogens is 1060 g/mol. The molecule has 78 heavy (non-hydrogen) atoms. The van der Waals surface area contributed by atoms with E-state index in [-0.39, 0.29) is 95.8 Å². The van der Waals surface area contributed by atoms with Crippen LogP contribution < -0.4 is 20.3 Å². The molecule has 18 nitrogen and oxygen atoms in total. The number of carbonyl (C=O) groups is 4. The minimum absolute atomic E-state index is 0.0212. The molecule has 6 rings (SSSR count). The molecule has 0 spiro atoms. The van der Waals surface area contributed by atoms with E-state index < -0.39 is 71.2 Å². The van der Waals surface area contributed by atoms with Crippen molar-refractivity contribution in [3.63, 3.8) is 0 Å². The van der Waals surface area contributed by atoms with Crippen molar-refractivity contribution in [1.29, 1.82) is 0 Å². The first-order valence-electron chi connectivity index (χ1n) is 24.1. The molecule has 0 saturated heterocycles. The number of rotatable bonds is 32. The fourth-order valence-electron chi connectivity index (χ4n) is 6.83. The number of ether oxygens (including phenoxy) is 12. The lowest BCUT2D eigenvalue weighted by Gasteiger charge is -2.24. The molecule has 2 heterocycles. The van der Waals surface area contributed by atoms with E-state index in [9.17, 15) is 37.5 Å². The average Bonchev–Trinajstić information content (AvgIpc) is 3.53. The van der Waals surface area contributed by atoms with Crippen LogP contribution in [0.3, 0.4) is 0 Å². The molecule has 0 amide bonds. The number of benzene rings is 4. The smallest absolute Gasteiger partial charge is 0.330 e. The Morgan fingerprint density at radius 2 is 0.936 bits per heavy atom. The summed E-state index contributed by atoms with van der Waals surface area (Å²) in [5.74, 6) is -3.17. The molecule has 0 aliphatic rings. The van der Waals surface area contributed by atoms with Crippen LogP contribution in [-0.4, -0.2) is 128 Å². The van der Waals surface area contributed by atoms with Crippen molar-refractivity contribution in [2.45, 2.75) is 38.6 Å². The Bertz CT molecular complexity index is 3160. The fourth-order valence-corrected chi connectivity index (χ4v) is 9.15. The summed E-state index contributed by atoms with van der Waals surface area (Å²) in [7, 11) is 0. The van der Waals surface area contributed by atoms with Crippen molar-refractivity contribution in [3.05, 3.63) is 155 Å². The summed E-state index contributed by atoms with van der Waals surface area (Å²) in [5, 5.41) is 0.738. The van der Waals surface area contributed by atoms with Crippen molar-refractivity contribution in [2.75, 3.05) is 79.3 Å². The minimum Gasteiger partial charge on any atom is -0.489 e. The molecule has 0 bridgehead atoms. The van der Waals surface area contributed by atoms with Gasteiger partial charge >= 0.3 is 23.9 Å². The summed E-state index contributed by atoms with van der Waals surface area (Å²) in [6.07, 6.45) is 1.14. The van der Waals surface area contributed by atoms with Crippen LogP contribution in [0.1, 0.15) is 13.8 Å². The molecule has 4 atom stereocenters. The van der Waals surface area contributed by atoms with Gasteiger partial charge in [0.2, 0.25) is 0 Å². The molecule has 0 radical (unpaired) electrons. The van der Waals surface area contributed by atoms with Gasteiger partial charge in [-0.05, 0) is 62.4 Å². The van der Waals surface area contributed by atoms with E-state index in [1.807, 2.05) is 6.07 Å². The zero-order chi connectivity index (χ0) is 56.4. The van der Waals surface area contributed by atoms with Crippen molar-refractivity contribution in [1.82, 2.24) is 0 Å². The summed E-state index contributed by atoms with van der Waals surface area (Å²) in [4.78, 5) is 70.9. The first kappa shape index (κ1) is 61.6. The summed E-state index contributed by atoms with van der Waals surface area (Å²) in [6.45, 7) is 17.7. The van der Waals surface area contributed by atoms with Crippen LogP contribution in [0.4, 0.5) is 8.78 Å². The van der Waals surface area contributed by atoms with Crippen LogP contribution in [0, 0.1) is 11.6 Å². The third-order valence-corrected chi connectivity index (χ3v) is 12.9. The first-order chi connectivity index (χ1) is 37.7. The van der Waals surface area contributed by atoms with Gasteiger partial charge in [0.1, 0.15) is 62.3 Å². The van der Waals surface area contributed by atoms with Crippen LogP contribution in [0.25, 0.3) is 40.3 Å². The van der Waals surface area contributed by atoms with E-state index in [1.165, 1.54) is 40.9 Å². The second kappa shape index (κ2) is 32.5. The maximum atomic E-state index is 14.8. The van der Waals surface area contributed by atoms with Gasteiger partial charge in [0.15, 0.2) is 29.5 Å². The topological polar surface area (TPSA) is 213 Å². The predicted molar refractivity (Wildman–Crippen MR) is 289 cm³/mol. The monoisotopic (exact) mass is 1120 g/mol. The number of hydrogen-bond donors (Lipinski definition) is 0. The second-order valence-electron chi connectivity index (χ2n) is 16.0. The number of hydrogen-bond acceptors (Lipinski definition) is 20. The van der Waals surface area contributed by atoms with Gasteiger partial charge < -0.3 is 56.8 Å². The number of fused-ring (bicyclic) bond motifs is 4. The Morgan fingerprint density at radius 3 is 1.42 bits per heavy atom. The molecule has 0 N–H and O–H groups in total. The summed E-state index contributed by atoms with van der Waals surface area (Å²) in [6, 6.07) is 19.1. The second-order valence-corrected chi connectivity index (χ2v) is 18.1. The zero-order valence-electron chi connectivity index (χ0n) is 42.8. The fraction of sp³-hybridized carbons (Fsp3) is 0.321. The van der Waals surface area contributed by atoms with E-state index in [4.69, 9.17) is 56.8 Å². The zero-order valence-corrected chi connectivity index (χ0v) is 44.4. The Labute approximate surface area is 454 Å². The number of carbonyl (C=O) groups excluding carboxylic acids is 4. The van der Waals surface area contributed by atoms with E-state index in [0.29, 0.717) is 35.3 Å². The van der Waals surface area contributed by atoms with Gasteiger partial charge in [-0.15, -0.1) is 22.7 Å². The number of halogens is 2. The molecule has 0 fully saturated rings. The quantitative estimate of drug-likeness (QED) is 0.00970. The Morgan fingerprint density at radius 1 is 0.500 bits per heavy atom.